The van der Waals surface area contributed by atoms with Gasteiger partial charge in [0.1, 0.15) is 6.04 Å². The molecule has 1 aliphatic rings. The number of piperidine rings is 1. The third-order valence-corrected chi connectivity index (χ3v) is 4.90. The zero-order valence-corrected chi connectivity index (χ0v) is 12.4. The predicted molar refractivity (Wildman–Crippen MR) is 76.8 cm³/mol. The van der Waals surface area contributed by atoms with Crippen molar-refractivity contribution in [2.45, 2.75) is 51.5 Å². The molecule has 1 N–H and O–H groups in total. The normalized spacial score (nSPS) is 22.3. The van der Waals surface area contributed by atoms with Crippen molar-refractivity contribution in [3.63, 3.8) is 0 Å². The quantitative estimate of drug-likeness (QED) is 0.902. The van der Waals surface area contributed by atoms with Crippen molar-refractivity contribution >= 4 is 17.3 Å². The Morgan fingerprint density at radius 3 is 3.00 bits per heavy atom. The predicted octanol–water partition coefficient (Wildman–Crippen LogP) is 2.75. The van der Waals surface area contributed by atoms with E-state index in [1.807, 2.05) is 6.92 Å². The second kappa shape index (κ2) is 6.48. The highest BCUT2D eigenvalue weighted by molar-refractivity contribution is 7.09. The highest BCUT2D eigenvalue weighted by Gasteiger charge is 2.30. The van der Waals surface area contributed by atoms with E-state index in [2.05, 4.69) is 22.2 Å². The first-order chi connectivity index (χ1) is 9.15. The summed E-state index contributed by atoms with van der Waals surface area (Å²) in [4.78, 5) is 18.0. The largest absolute Gasteiger partial charge is 0.480 e. The zero-order valence-electron chi connectivity index (χ0n) is 11.6. The molecule has 4 nitrogen and oxygen atoms in total. The van der Waals surface area contributed by atoms with Gasteiger partial charge >= 0.3 is 5.97 Å². The Morgan fingerprint density at radius 2 is 2.42 bits per heavy atom. The highest BCUT2D eigenvalue weighted by Crippen LogP contribution is 2.30. The van der Waals surface area contributed by atoms with Crippen molar-refractivity contribution in [1.82, 2.24) is 9.88 Å². The molecule has 2 heterocycles. The smallest absolute Gasteiger partial charge is 0.320 e. The van der Waals surface area contributed by atoms with Crippen molar-refractivity contribution in [2.75, 3.05) is 13.1 Å². The summed E-state index contributed by atoms with van der Waals surface area (Å²) in [5.74, 6) is -0.288. The van der Waals surface area contributed by atoms with Crippen LogP contribution >= 0.6 is 11.3 Å². The maximum Gasteiger partial charge on any atom is 0.320 e. The minimum absolute atomic E-state index is 0.339. The lowest BCUT2D eigenvalue weighted by Crippen LogP contribution is -2.45. The Morgan fingerprint density at radius 1 is 1.63 bits per heavy atom. The van der Waals surface area contributed by atoms with Crippen molar-refractivity contribution in [3.8, 4) is 0 Å². The van der Waals surface area contributed by atoms with E-state index in [-0.39, 0.29) is 6.04 Å². The van der Waals surface area contributed by atoms with E-state index < -0.39 is 5.97 Å². The number of hydrogen-bond donors (Lipinski definition) is 1. The molecule has 0 spiro atoms. The molecule has 0 radical (unpaired) electrons. The number of carboxylic acid groups (broad SMARTS) is 1. The average Bonchev–Trinajstić information content (AvgIpc) is 2.88. The van der Waals surface area contributed by atoms with Crippen LogP contribution in [0.25, 0.3) is 0 Å². The number of carboxylic acids is 1. The highest BCUT2D eigenvalue weighted by atomic mass is 32.1. The van der Waals surface area contributed by atoms with Gasteiger partial charge in [-0.2, -0.15) is 0 Å². The lowest BCUT2D eigenvalue weighted by molar-refractivity contribution is -0.144. The van der Waals surface area contributed by atoms with Crippen LogP contribution in [0.5, 0.6) is 0 Å². The van der Waals surface area contributed by atoms with E-state index in [1.54, 1.807) is 11.3 Å². The van der Waals surface area contributed by atoms with Crippen LogP contribution < -0.4 is 0 Å². The molecule has 19 heavy (non-hydrogen) atoms. The molecule has 0 aromatic carbocycles. The summed E-state index contributed by atoms with van der Waals surface area (Å²) < 4.78 is 0. The summed E-state index contributed by atoms with van der Waals surface area (Å²) in [6.07, 6.45) is 3.83. The zero-order chi connectivity index (χ0) is 13.8. The van der Waals surface area contributed by atoms with Gasteiger partial charge in [-0.1, -0.05) is 13.8 Å². The number of aromatic nitrogens is 1. The van der Waals surface area contributed by atoms with Crippen LogP contribution in [0.15, 0.2) is 5.38 Å². The molecule has 1 saturated heterocycles. The molecule has 1 aliphatic heterocycles. The standard InChI is InChI=1S/C14H22N2O2S/c1-3-11-9-19-13(15-11)10-6-5-7-16(8-10)12(4-2)14(17)18/h9-10,12H,3-8H2,1-2H3,(H,17,18)/t10-,12-/m1/s1. The van der Waals surface area contributed by atoms with E-state index in [0.717, 1.165) is 38.0 Å². The van der Waals surface area contributed by atoms with Gasteiger partial charge in [-0.05, 0) is 32.2 Å². The molecule has 1 aromatic rings. The number of nitrogens with zero attached hydrogens (tertiary/aromatic N) is 2. The SMILES string of the molecule is CCc1csc([C@@H]2CCCN([C@H](CC)C(=O)O)C2)n1. The van der Waals surface area contributed by atoms with E-state index in [4.69, 9.17) is 0 Å². The molecule has 2 atom stereocenters. The molecule has 0 unspecified atom stereocenters. The van der Waals surface area contributed by atoms with Gasteiger partial charge in [0, 0.05) is 17.8 Å². The number of likely N-dealkylation sites (tertiary alicyclic amines) is 1. The Labute approximate surface area is 118 Å². The van der Waals surface area contributed by atoms with Gasteiger partial charge < -0.3 is 5.11 Å². The summed E-state index contributed by atoms with van der Waals surface area (Å²) >= 11 is 1.73. The van der Waals surface area contributed by atoms with Crippen molar-refractivity contribution in [1.29, 1.82) is 0 Å². The van der Waals surface area contributed by atoms with Crippen LogP contribution in [0, 0.1) is 0 Å². The minimum atomic E-state index is -0.698. The van der Waals surface area contributed by atoms with Gasteiger partial charge in [0.15, 0.2) is 0 Å². The molecule has 0 bridgehead atoms. The number of thiazole rings is 1. The molecular weight excluding hydrogens is 260 g/mol. The summed E-state index contributed by atoms with van der Waals surface area (Å²) in [5, 5.41) is 12.6. The van der Waals surface area contributed by atoms with Gasteiger partial charge in [-0.25, -0.2) is 4.98 Å². The summed E-state index contributed by atoms with van der Waals surface area (Å²) in [6, 6.07) is -0.339. The fourth-order valence-corrected chi connectivity index (χ4v) is 3.78. The Bertz CT molecular complexity index is 433. The number of aryl methyl sites for hydroxylation is 1. The van der Waals surface area contributed by atoms with Crippen LogP contribution in [0.2, 0.25) is 0 Å². The molecule has 1 aromatic heterocycles. The fourth-order valence-electron chi connectivity index (χ4n) is 2.75. The first-order valence-electron chi connectivity index (χ1n) is 7.06. The number of carbonyl (C=O) groups is 1. The van der Waals surface area contributed by atoms with E-state index >= 15 is 0 Å². The van der Waals surface area contributed by atoms with Crippen LogP contribution in [0.4, 0.5) is 0 Å². The third-order valence-electron chi connectivity index (χ3n) is 3.85. The summed E-state index contributed by atoms with van der Waals surface area (Å²) in [6.45, 7) is 5.79. The summed E-state index contributed by atoms with van der Waals surface area (Å²) in [7, 11) is 0. The Kier molecular flexibility index (Phi) is 4.93. The van der Waals surface area contributed by atoms with Crippen molar-refractivity contribution in [2.24, 2.45) is 0 Å². The first kappa shape index (κ1) is 14.5. The Balaban J connectivity index is 2.06. The maximum absolute atomic E-state index is 11.3. The molecule has 0 aliphatic carbocycles. The van der Waals surface area contributed by atoms with Gasteiger partial charge in [-0.3, -0.25) is 9.69 Å². The number of rotatable bonds is 5. The van der Waals surface area contributed by atoms with E-state index in [1.165, 1.54) is 5.01 Å². The molecule has 0 amide bonds. The van der Waals surface area contributed by atoms with Gasteiger partial charge in [0.2, 0.25) is 0 Å². The van der Waals surface area contributed by atoms with Gasteiger partial charge in [0.05, 0.1) is 10.7 Å². The second-order valence-corrected chi connectivity index (χ2v) is 6.02. The molecule has 2 rings (SSSR count). The Hall–Kier alpha value is -0.940. The van der Waals surface area contributed by atoms with E-state index in [9.17, 15) is 9.90 Å². The third kappa shape index (κ3) is 3.34. The van der Waals surface area contributed by atoms with Crippen LogP contribution in [0.3, 0.4) is 0 Å². The fraction of sp³-hybridized carbons (Fsp3) is 0.714. The molecular formula is C14H22N2O2S. The number of hydrogen-bond acceptors (Lipinski definition) is 4. The van der Waals surface area contributed by atoms with Crippen LogP contribution in [0.1, 0.15) is 49.7 Å². The van der Waals surface area contributed by atoms with Crippen molar-refractivity contribution in [3.05, 3.63) is 16.1 Å². The topological polar surface area (TPSA) is 53.4 Å². The first-order valence-corrected chi connectivity index (χ1v) is 7.94. The number of aliphatic carboxylic acids is 1. The second-order valence-electron chi connectivity index (χ2n) is 5.13. The van der Waals surface area contributed by atoms with Crippen LogP contribution in [-0.2, 0) is 11.2 Å². The van der Waals surface area contributed by atoms with Crippen molar-refractivity contribution < 1.29 is 9.90 Å². The lowest BCUT2D eigenvalue weighted by atomic mass is 9.96. The van der Waals surface area contributed by atoms with Crippen LogP contribution in [-0.4, -0.2) is 40.1 Å². The molecule has 5 heteroatoms. The summed E-state index contributed by atoms with van der Waals surface area (Å²) in [5.41, 5.74) is 1.15. The monoisotopic (exact) mass is 282 g/mol. The molecule has 106 valence electrons. The minimum Gasteiger partial charge on any atom is -0.480 e. The lowest BCUT2D eigenvalue weighted by Gasteiger charge is -2.35. The van der Waals surface area contributed by atoms with Gasteiger partial charge in [-0.15, -0.1) is 11.3 Å². The molecule has 1 fully saturated rings. The van der Waals surface area contributed by atoms with Gasteiger partial charge in [0.25, 0.3) is 0 Å². The average molecular weight is 282 g/mol. The van der Waals surface area contributed by atoms with E-state index in [0.29, 0.717) is 12.3 Å². The molecule has 0 saturated carbocycles. The maximum atomic E-state index is 11.3.